The van der Waals surface area contributed by atoms with E-state index in [1.54, 1.807) is 26.6 Å². The summed E-state index contributed by atoms with van der Waals surface area (Å²) in [5.41, 5.74) is -0.541. The molecule has 0 aromatic carbocycles. The summed E-state index contributed by atoms with van der Waals surface area (Å²) in [7, 11) is 3.21. The van der Waals surface area contributed by atoms with E-state index in [9.17, 15) is 9.59 Å². The van der Waals surface area contributed by atoms with Crippen molar-refractivity contribution < 1.29 is 14.3 Å². The normalized spacial score (nSPS) is 21.1. The molecule has 1 aromatic heterocycles. The predicted octanol–water partition coefficient (Wildman–Crippen LogP) is 0.335. The minimum absolute atomic E-state index is 0.000414. The quantitative estimate of drug-likeness (QED) is 0.822. The number of nitrogens with one attached hydrogen (secondary N) is 1. The summed E-state index contributed by atoms with van der Waals surface area (Å²) >= 11 is 0. The third kappa shape index (κ3) is 3.30. The fourth-order valence-corrected chi connectivity index (χ4v) is 3.17. The first-order valence-electron chi connectivity index (χ1n) is 7.50. The molecule has 7 nitrogen and oxygen atoms in total. The van der Waals surface area contributed by atoms with Gasteiger partial charge in [0.05, 0.1) is 18.6 Å². The number of likely N-dealkylation sites (tertiary alicyclic amines) is 1. The van der Waals surface area contributed by atoms with Crippen molar-refractivity contribution in [3.63, 3.8) is 0 Å². The number of ether oxygens (including phenoxy) is 1. The maximum atomic E-state index is 12.7. The molecule has 1 aliphatic rings. The Morgan fingerprint density at radius 3 is 2.86 bits per heavy atom. The summed E-state index contributed by atoms with van der Waals surface area (Å²) in [6.07, 6.45) is 5.41. The zero-order valence-electron chi connectivity index (χ0n) is 13.5. The largest absolute Gasteiger partial charge is 0.382 e. The lowest BCUT2D eigenvalue weighted by atomic mass is 9.92. The van der Waals surface area contributed by atoms with Crippen LogP contribution in [-0.4, -0.2) is 59.1 Å². The summed E-state index contributed by atoms with van der Waals surface area (Å²) < 4.78 is 7.14. The monoisotopic (exact) mass is 308 g/mol. The number of rotatable bonds is 6. The van der Waals surface area contributed by atoms with Gasteiger partial charge in [-0.15, -0.1) is 0 Å². The molecule has 122 valence electrons. The smallest absolute Gasteiger partial charge is 0.243 e. The highest BCUT2D eigenvalue weighted by Gasteiger charge is 2.45. The van der Waals surface area contributed by atoms with E-state index in [2.05, 4.69) is 10.3 Å². The fourth-order valence-electron chi connectivity index (χ4n) is 3.17. The van der Waals surface area contributed by atoms with Gasteiger partial charge in [0.25, 0.3) is 0 Å². The Balaban J connectivity index is 2.17. The number of aryl methyl sites for hydroxylation is 1. The van der Waals surface area contributed by atoms with Crippen LogP contribution in [0.1, 0.15) is 25.1 Å². The molecule has 2 rings (SSSR count). The van der Waals surface area contributed by atoms with Crippen molar-refractivity contribution in [3.8, 4) is 0 Å². The topological polar surface area (TPSA) is 76.5 Å². The molecule has 2 amide bonds. The lowest BCUT2D eigenvalue weighted by Crippen LogP contribution is -2.53. The summed E-state index contributed by atoms with van der Waals surface area (Å²) in [6.45, 7) is 3.14. The van der Waals surface area contributed by atoms with Gasteiger partial charge in [-0.2, -0.15) is 0 Å². The van der Waals surface area contributed by atoms with E-state index in [0.717, 1.165) is 18.7 Å². The minimum Gasteiger partial charge on any atom is -0.382 e. The predicted molar refractivity (Wildman–Crippen MR) is 81.2 cm³/mol. The van der Waals surface area contributed by atoms with Gasteiger partial charge in [-0.05, 0) is 19.8 Å². The lowest BCUT2D eigenvalue weighted by molar-refractivity contribution is -0.140. The molecule has 1 saturated heterocycles. The Morgan fingerprint density at radius 2 is 2.27 bits per heavy atom. The van der Waals surface area contributed by atoms with E-state index >= 15 is 0 Å². The molecule has 0 saturated carbocycles. The molecule has 0 bridgehead atoms. The van der Waals surface area contributed by atoms with Crippen molar-refractivity contribution in [2.75, 3.05) is 27.3 Å². The van der Waals surface area contributed by atoms with Crippen molar-refractivity contribution in [1.29, 1.82) is 0 Å². The highest BCUT2D eigenvalue weighted by Crippen LogP contribution is 2.33. The van der Waals surface area contributed by atoms with Crippen LogP contribution >= 0.6 is 0 Å². The van der Waals surface area contributed by atoms with Crippen LogP contribution in [0.2, 0.25) is 0 Å². The van der Waals surface area contributed by atoms with Crippen LogP contribution in [0, 0.1) is 6.92 Å². The third-order valence-electron chi connectivity index (χ3n) is 4.31. The number of amides is 2. The van der Waals surface area contributed by atoms with Crippen LogP contribution in [0.25, 0.3) is 0 Å². The second-order valence-electron chi connectivity index (χ2n) is 5.76. The van der Waals surface area contributed by atoms with Gasteiger partial charge in [0, 0.05) is 33.1 Å². The standard InChI is InChI=1S/C15H24N4O3/c1-12-17-6-8-18(12)10-14(21)19-7-4-5-15(19,11-22-3)9-13(20)16-2/h6,8H,4-5,7,9-11H2,1-3H3,(H,16,20)/t15-/m1/s1. The first-order chi connectivity index (χ1) is 10.5. The molecule has 1 fully saturated rings. The zero-order valence-corrected chi connectivity index (χ0v) is 13.5. The van der Waals surface area contributed by atoms with E-state index in [1.165, 1.54) is 0 Å². The molecule has 1 aliphatic heterocycles. The molecule has 0 aliphatic carbocycles. The van der Waals surface area contributed by atoms with Crippen molar-refractivity contribution in [1.82, 2.24) is 19.8 Å². The number of carbonyl (C=O) groups is 2. The Labute approximate surface area is 130 Å². The number of carbonyl (C=O) groups excluding carboxylic acids is 2. The Kier molecular flexibility index (Phi) is 5.18. The third-order valence-corrected chi connectivity index (χ3v) is 4.31. The molecule has 1 aromatic rings. The fraction of sp³-hybridized carbons (Fsp3) is 0.667. The van der Waals surface area contributed by atoms with Crippen molar-refractivity contribution in [3.05, 3.63) is 18.2 Å². The molecule has 0 unspecified atom stereocenters. The van der Waals surface area contributed by atoms with Gasteiger partial charge in [0.2, 0.25) is 11.8 Å². The number of methoxy groups -OCH3 is 1. The van der Waals surface area contributed by atoms with Gasteiger partial charge in [-0.25, -0.2) is 4.98 Å². The van der Waals surface area contributed by atoms with Crippen LogP contribution < -0.4 is 5.32 Å². The Hall–Kier alpha value is -1.89. The zero-order chi connectivity index (χ0) is 16.2. The first kappa shape index (κ1) is 16.5. The first-order valence-corrected chi connectivity index (χ1v) is 7.50. The number of hydrogen-bond acceptors (Lipinski definition) is 4. The van der Waals surface area contributed by atoms with Crippen molar-refractivity contribution in [2.45, 2.75) is 38.3 Å². The molecule has 1 atom stereocenters. The van der Waals surface area contributed by atoms with Crippen LogP contribution in [0.5, 0.6) is 0 Å². The maximum absolute atomic E-state index is 12.7. The molecule has 7 heteroatoms. The van der Waals surface area contributed by atoms with Gasteiger partial charge in [0.1, 0.15) is 12.4 Å². The molecule has 1 N–H and O–H groups in total. The number of imidazole rings is 1. The molecular weight excluding hydrogens is 284 g/mol. The second-order valence-corrected chi connectivity index (χ2v) is 5.76. The van der Waals surface area contributed by atoms with E-state index in [1.807, 2.05) is 16.4 Å². The molecular formula is C15H24N4O3. The summed E-state index contributed by atoms with van der Waals surface area (Å²) in [5, 5.41) is 2.64. The summed E-state index contributed by atoms with van der Waals surface area (Å²) in [4.78, 5) is 30.5. The summed E-state index contributed by atoms with van der Waals surface area (Å²) in [6, 6.07) is 0. The average Bonchev–Trinajstić information content (AvgIpc) is 3.06. The molecule has 0 spiro atoms. The van der Waals surface area contributed by atoms with Gasteiger partial charge in [-0.1, -0.05) is 0 Å². The van der Waals surface area contributed by atoms with Crippen molar-refractivity contribution >= 4 is 11.8 Å². The lowest BCUT2D eigenvalue weighted by Gasteiger charge is -2.37. The van der Waals surface area contributed by atoms with Crippen LogP contribution in [0.3, 0.4) is 0 Å². The van der Waals surface area contributed by atoms with E-state index < -0.39 is 5.54 Å². The molecule has 2 heterocycles. The number of nitrogens with zero attached hydrogens (tertiary/aromatic N) is 3. The average molecular weight is 308 g/mol. The Bertz CT molecular complexity index is 543. The SMILES string of the molecule is CNC(=O)C[C@@]1(COC)CCCN1C(=O)Cn1ccnc1C. The number of hydrogen-bond donors (Lipinski definition) is 1. The van der Waals surface area contributed by atoms with Gasteiger partial charge >= 0.3 is 0 Å². The Morgan fingerprint density at radius 1 is 1.50 bits per heavy atom. The van der Waals surface area contributed by atoms with E-state index in [4.69, 9.17) is 4.74 Å². The highest BCUT2D eigenvalue weighted by molar-refractivity contribution is 5.81. The summed E-state index contributed by atoms with van der Waals surface area (Å²) in [5.74, 6) is 0.728. The second kappa shape index (κ2) is 6.91. The van der Waals surface area contributed by atoms with Crippen LogP contribution in [0.4, 0.5) is 0 Å². The minimum atomic E-state index is -0.541. The van der Waals surface area contributed by atoms with Gasteiger partial charge in [-0.3, -0.25) is 9.59 Å². The van der Waals surface area contributed by atoms with Crippen molar-refractivity contribution in [2.24, 2.45) is 0 Å². The van der Waals surface area contributed by atoms with Crippen LogP contribution in [-0.2, 0) is 20.9 Å². The van der Waals surface area contributed by atoms with E-state index in [0.29, 0.717) is 13.2 Å². The highest BCUT2D eigenvalue weighted by atomic mass is 16.5. The number of aromatic nitrogens is 2. The van der Waals surface area contributed by atoms with Crippen LogP contribution in [0.15, 0.2) is 12.4 Å². The maximum Gasteiger partial charge on any atom is 0.243 e. The van der Waals surface area contributed by atoms with E-state index in [-0.39, 0.29) is 24.8 Å². The van der Waals surface area contributed by atoms with Gasteiger partial charge in [0.15, 0.2) is 0 Å². The van der Waals surface area contributed by atoms with Gasteiger partial charge < -0.3 is 19.5 Å². The molecule has 0 radical (unpaired) electrons. The molecule has 22 heavy (non-hydrogen) atoms.